The highest BCUT2D eigenvalue weighted by atomic mass is 32.2. The van der Waals surface area contributed by atoms with Crippen molar-refractivity contribution in [1.82, 2.24) is 5.32 Å². The fourth-order valence-corrected chi connectivity index (χ4v) is 1.50. The molecule has 88 valence electrons. The molecule has 0 fully saturated rings. The van der Waals surface area contributed by atoms with Crippen molar-refractivity contribution in [3.05, 3.63) is 0 Å². The molecule has 0 aliphatic heterocycles. The second-order valence-corrected chi connectivity index (χ2v) is 5.45. The van der Waals surface area contributed by atoms with E-state index in [1.54, 1.807) is 0 Å². The fraction of sp³-hybridized carbons (Fsp3) is 0.750. The van der Waals surface area contributed by atoms with E-state index in [1.807, 2.05) is 0 Å². The molecule has 0 aliphatic rings. The van der Waals surface area contributed by atoms with Gasteiger partial charge in [0.2, 0.25) is 5.91 Å². The number of aliphatic carboxylic acids is 1. The van der Waals surface area contributed by atoms with Crippen LogP contribution in [0.25, 0.3) is 0 Å². The number of sulfone groups is 1. The van der Waals surface area contributed by atoms with Gasteiger partial charge in [0.05, 0.1) is 12.2 Å². The van der Waals surface area contributed by atoms with Gasteiger partial charge in [0.15, 0.2) is 9.84 Å². The summed E-state index contributed by atoms with van der Waals surface area (Å²) in [5, 5.41) is 10.6. The highest BCUT2D eigenvalue weighted by Gasteiger charge is 2.09. The van der Waals surface area contributed by atoms with Gasteiger partial charge in [-0.15, -0.1) is 0 Å². The average molecular weight is 237 g/mol. The topological polar surface area (TPSA) is 101 Å². The minimum absolute atomic E-state index is 0.0363. The Morgan fingerprint density at radius 2 is 1.87 bits per heavy atom. The third-order valence-corrected chi connectivity index (χ3v) is 3.45. The first-order chi connectivity index (χ1) is 6.87. The van der Waals surface area contributed by atoms with Gasteiger partial charge < -0.3 is 10.4 Å². The number of nitrogens with one attached hydrogen (secondary N) is 1. The van der Waals surface area contributed by atoms with Crippen LogP contribution < -0.4 is 5.32 Å². The first-order valence-corrected chi connectivity index (χ1v) is 6.38. The van der Waals surface area contributed by atoms with Gasteiger partial charge in [-0.3, -0.25) is 9.59 Å². The van der Waals surface area contributed by atoms with Crippen LogP contribution in [-0.2, 0) is 19.4 Å². The molecule has 0 aliphatic carbocycles. The minimum Gasteiger partial charge on any atom is -0.481 e. The van der Waals surface area contributed by atoms with Gasteiger partial charge >= 0.3 is 5.97 Å². The molecular weight excluding hydrogens is 222 g/mol. The zero-order valence-electron chi connectivity index (χ0n) is 8.52. The molecule has 0 rings (SSSR count). The van der Waals surface area contributed by atoms with E-state index in [9.17, 15) is 18.0 Å². The maximum absolute atomic E-state index is 11.0. The van der Waals surface area contributed by atoms with Crippen LogP contribution in [-0.4, -0.2) is 43.5 Å². The average Bonchev–Trinajstić information content (AvgIpc) is 2.14. The Hall–Kier alpha value is -1.11. The highest BCUT2D eigenvalue weighted by Crippen LogP contribution is 1.90. The summed E-state index contributed by atoms with van der Waals surface area (Å²) in [6, 6.07) is 0. The first-order valence-electron chi connectivity index (χ1n) is 4.56. The molecule has 1 amide bonds. The normalized spacial score (nSPS) is 11.0. The van der Waals surface area contributed by atoms with E-state index in [2.05, 4.69) is 5.32 Å². The molecule has 0 aromatic rings. The molecule has 0 heterocycles. The smallest absolute Gasteiger partial charge is 0.303 e. The summed E-state index contributed by atoms with van der Waals surface area (Å²) < 4.78 is 22.0. The molecule has 0 spiro atoms. The molecule has 0 aromatic heterocycles. The van der Waals surface area contributed by atoms with Crippen LogP contribution in [0.4, 0.5) is 0 Å². The van der Waals surface area contributed by atoms with Crippen LogP contribution in [0, 0.1) is 0 Å². The Bertz CT molecular complexity index is 322. The summed E-state index contributed by atoms with van der Waals surface area (Å²) in [6.07, 6.45) is -0.367. The van der Waals surface area contributed by atoms with Crippen molar-refractivity contribution in [2.45, 2.75) is 19.8 Å². The second-order valence-electron chi connectivity index (χ2n) is 2.98. The minimum atomic E-state index is -3.08. The van der Waals surface area contributed by atoms with Crippen LogP contribution in [0.15, 0.2) is 0 Å². The molecule has 15 heavy (non-hydrogen) atoms. The van der Waals surface area contributed by atoms with Crippen molar-refractivity contribution >= 4 is 21.7 Å². The van der Waals surface area contributed by atoms with E-state index in [-0.39, 0.29) is 30.9 Å². The Morgan fingerprint density at radius 3 is 2.33 bits per heavy atom. The third-order valence-electron chi connectivity index (χ3n) is 1.74. The molecule has 0 atom stereocenters. The standard InChI is InChI=1S/C8H15NO5S/c1-2-15(13,14)6-5-9-7(10)3-4-8(11)12/h2-6H2,1H3,(H,9,10)(H,11,12). The van der Waals surface area contributed by atoms with Gasteiger partial charge in [-0.25, -0.2) is 8.42 Å². The Balaban J connectivity index is 3.69. The SMILES string of the molecule is CCS(=O)(=O)CCNC(=O)CCC(=O)O. The highest BCUT2D eigenvalue weighted by molar-refractivity contribution is 7.91. The maximum atomic E-state index is 11.0. The van der Waals surface area contributed by atoms with E-state index in [4.69, 9.17) is 5.11 Å². The number of amides is 1. The molecule has 6 nitrogen and oxygen atoms in total. The molecule has 7 heteroatoms. The van der Waals surface area contributed by atoms with Crippen molar-refractivity contribution in [3.63, 3.8) is 0 Å². The van der Waals surface area contributed by atoms with Crippen molar-refractivity contribution in [3.8, 4) is 0 Å². The van der Waals surface area contributed by atoms with Gasteiger partial charge in [0.1, 0.15) is 0 Å². The summed E-state index contributed by atoms with van der Waals surface area (Å²) in [5.74, 6) is -1.56. The fourth-order valence-electron chi connectivity index (χ4n) is 0.799. The summed E-state index contributed by atoms with van der Waals surface area (Å²) in [4.78, 5) is 21.1. The van der Waals surface area contributed by atoms with E-state index in [0.717, 1.165) is 0 Å². The van der Waals surface area contributed by atoms with E-state index >= 15 is 0 Å². The molecule has 0 saturated carbocycles. The predicted octanol–water partition coefficient (Wildman–Crippen LogP) is -0.598. The van der Waals surface area contributed by atoms with Crippen LogP contribution in [0.2, 0.25) is 0 Å². The summed E-state index contributed by atoms with van der Waals surface area (Å²) in [5.41, 5.74) is 0. The lowest BCUT2D eigenvalue weighted by molar-refractivity contribution is -0.138. The van der Waals surface area contributed by atoms with Crippen LogP contribution >= 0.6 is 0 Å². The quantitative estimate of drug-likeness (QED) is 0.616. The number of carboxylic acid groups (broad SMARTS) is 1. The zero-order valence-corrected chi connectivity index (χ0v) is 9.34. The number of carboxylic acids is 1. The van der Waals surface area contributed by atoms with Gasteiger partial charge in [-0.05, 0) is 0 Å². The Morgan fingerprint density at radius 1 is 1.27 bits per heavy atom. The number of hydrogen-bond acceptors (Lipinski definition) is 4. The maximum Gasteiger partial charge on any atom is 0.303 e. The van der Waals surface area contributed by atoms with E-state index < -0.39 is 21.7 Å². The van der Waals surface area contributed by atoms with Crippen LogP contribution in [0.1, 0.15) is 19.8 Å². The van der Waals surface area contributed by atoms with E-state index in [1.165, 1.54) is 6.92 Å². The van der Waals surface area contributed by atoms with Gasteiger partial charge in [0.25, 0.3) is 0 Å². The zero-order chi connectivity index (χ0) is 11.9. The van der Waals surface area contributed by atoms with Gasteiger partial charge in [-0.1, -0.05) is 6.92 Å². The Kier molecular flexibility index (Phi) is 5.92. The lowest BCUT2D eigenvalue weighted by Crippen LogP contribution is -2.29. The lowest BCUT2D eigenvalue weighted by atomic mass is 10.3. The molecule has 0 radical (unpaired) electrons. The number of hydrogen-bond donors (Lipinski definition) is 2. The third kappa shape index (κ3) is 7.92. The molecule has 0 unspecified atom stereocenters. The Labute approximate surface area is 88.6 Å². The predicted molar refractivity (Wildman–Crippen MR) is 54.2 cm³/mol. The van der Waals surface area contributed by atoms with Gasteiger partial charge in [-0.2, -0.15) is 0 Å². The van der Waals surface area contributed by atoms with E-state index in [0.29, 0.717) is 0 Å². The molecule has 0 aromatic carbocycles. The largest absolute Gasteiger partial charge is 0.481 e. The summed E-state index contributed by atoms with van der Waals surface area (Å²) in [7, 11) is -3.08. The van der Waals surface area contributed by atoms with Crippen LogP contribution in [0.3, 0.4) is 0 Å². The summed E-state index contributed by atoms with van der Waals surface area (Å²) >= 11 is 0. The molecule has 0 saturated heterocycles. The number of carbonyl (C=O) groups excluding carboxylic acids is 1. The van der Waals surface area contributed by atoms with Crippen molar-refractivity contribution < 1.29 is 23.1 Å². The lowest BCUT2D eigenvalue weighted by Gasteiger charge is -2.03. The number of carbonyl (C=O) groups is 2. The molecular formula is C8H15NO5S. The van der Waals surface area contributed by atoms with Crippen molar-refractivity contribution in [2.24, 2.45) is 0 Å². The monoisotopic (exact) mass is 237 g/mol. The van der Waals surface area contributed by atoms with Crippen molar-refractivity contribution in [1.29, 1.82) is 0 Å². The first kappa shape index (κ1) is 13.9. The van der Waals surface area contributed by atoms with Crippen molar-refractivity contribution in [2.75, 3.05) is 18.1 Å². The summed E-state index contributed by atoms with van der Waals surface area (Å²) in [6.45, 7) is 1.57. The molecule has 0 bridgehead atoms. The second kappa shape index (κ2) is 6.39. The van der Waals surface area contributed by atoms with Gasteiger partial charge in [0, 0.05) is 18.7 Å². The van der Waals surface area contributed by atoms with Crippen LogP contribution in [0.5, 0.6) is 0 Å². The molecule has 2 N–H and O–H groups in total. The number of rotatable bonds is 7.